The molecule has 0 bridgehead atoms. The van der Waals surface area contributed by atoms with Crippen LogP contribution in [0.25, 0.3) is 0 Å². The first-order valence-corrected chi connectivity index (χ1v) is 14.0. The van der Waals surface area contributed by atoms with Gasteiger partial charge in [0.05, 0.1) is 24.2 Å². The zero-order chi connectivity index (χ0) is 29.2. The van der Waals surface area contributed by atoms with Crippen molar-refractivity contribution in [2.24, 2.45) is 10.7 Å². The minimum Gasteiger partial charge on any atom is -0.492 e. The van der Waals surface area contributed by atoms with Gasteiger partial charge < -0.3 is 24.1 Å². The van der Waals surface area contributed by atoms with Gasteiger partial charge in [0.1, 0.15) is 17.0 Å². The van der Waals surface area contributed by atoms with Crippen LogP contribution in [0.2, 0.25) is 0 Å². The molecule has 214 valence electrons. The van der Waals surface area contributed by atoms with Gasteiger partial charge in [-0.3, -0.25) is 0 Å². The Kier molecular flexibility index (Phi) is 12.1. The van der Waals surface area contributed by atoms with E-state index >= 15 is 0 Å². The fourth-order valence-corrected chi connectivity index (χ4v) is 4.07. The van der Waals surface area contributed by atoms with E-state index in [0.29, 0.717) is 35.4 Å². The molecule has 0 spiro atoms. The fraction of sp³-hybridized carbons (Fsp3) is 0.464. The van der Waals surface area contributed by atoms with Crippen LogP contribution >= 0.6 is 28.0 Å². The van der Waals surface area contributed by atoms with Crippen molar-refractivity contribution < 1.29 is 28.0 Å². The molecule has 0 saturated heterocycles. The Morgan fingerprint density at radius 2 is 1.62 bits per heavy atom. The summed E-state index contributed by atoms with van der Waals surface area (Å²) < 4.78 is 22.9. The number of guanidine groups is 1. The van der Waals surface area contributed by atoms with Gasteiger partial charge in [-0.05, 0) is 94.2 Å². The van der Waals surface area contributed by atoms with E-state index in [1.54, 1.807) is 59.7 Å². The topological polar surface area (TPSA) is 113 Å². The van der Waals surface area contributed by atoms with Crippen LogP contribution in [-0.2, 0) is 20.2 Å². The van der Waals surface area contributed by atoms with Gasteiger partial charge >= 0.3 is 12.2 Å². The first-order chi connectivity index (χ1) is 18.1. The monoisotopic (exact) mass is 623 g/mol. The number of ether oxygens (including phenoxy) is 3. The molecule has 2 aromatic rings. The summed E-state index contributed by atoms with van der Waals surface area (Å²) in [6.45, 7) is 13.4. The average molecular weight is 625 g/mol. The second kappa shape index (κ2) is 14.6. The second-order valence-electron chi connectivity index (χ2n) is 10.7. The number of nitrogens with zero attached hydrogens (tertiary/aromatic N) is 2. The Balaban J connectivity index is 1.99. The zero-order valence-electron chi connectivity index (χ0n) is 23.6. The third kappa shape index (κ3) is 12.8. The van der Waals surface area contributed by atoms with E-state index in [-0.39, 0.29) is 12.5 Å². The van der Waals surface area contributed by atoms with Crippen molar-refractivity contribution in [1.82, 2.24) is 4.90 Å². The van der Waals surface area contributed by atoms with Crippen molar-refractivity contribution >= 4 is 46.1 Å². The molecule has 0 saturated carbocycles. The SMILES string of the molecule is Cc1ccc(SOCCCOc2ccc(CN(C(=O)OC(C)(C)C)C(N)=NC(=O)OC(C)(C)C)cc2Br)cc1. The smallest absolute Gasteiger partial charge is 0.437 e. The number of amides is 2. The molecular formula is C28H38BrN3O6S. The van der Waals surface area contributed by atoms with Crippen LogP contribution in [0.5, 0.6) is 5.75 Å². The molecule has 9 nitrogen and oxygen atoms in total. The van der Waals surface area contributed by atoms with E-state index in [0.717, 1.165) is 9.80 Å². The molecule has 2 aromatic carbocycles. The highest BCUT2D eigenvalue weighted by Gasteiger charge is 2.26. The molecule has 11 heteroatoms. The van der Waals surface area contributed by atoms with Gasteiger partial charge in [-0.1, -0.05) is 23.8 Å². The molecule has 0 heterocycles. The lowest BCUT2D eigenvalue weighted by atomic mass is 10.2. The maximum absolute atomic E-state index is 12.9. The molecule has 0 aliphatic carbocycles. The van der Waals surface area contributed by atoms with Gasteiger partial charge in [0.2, 0.25) is 5.96 Å². The third-order valence-corrected chi connectivity index (χ3v) is 6.00. The number of hydrogen-bond acceptors (Lipinski definition) is 7. The number of halogens is 1. The van der Waals surface area contributed by atoms with Crippen LogP contribution in [-0.4, -0.2) is 47.5 Å². The van der Waals surface area contributed by atoms with Gasteiger partial charge in [0.15, 0.2) is 0 Å². The van der Waals surface area contributed by atoms with Crippen LogP contribution in [0.4, 0.5) is 9.59 Å². The van der Waals surface area contributed by atoms with Crippen LogP contribution < -0.4 is 10.5 Å². The molecule has 0 aromatic heterocycles. The van der Waals surface area contributed by atoms with Gasteiger partial charge in [-0.25, -0.2) is 14.5 Å². The van der Waals surface area contributed by atoms with Gasteiger partial charge in [0.25, 0.3) is 0 Å². The fourth-order valence-electron chi connectivity index (χ4n) is 2.94. The minimum absolute atomic E-state index is 0.00992. The first-order valence-electron chi connectivity index (χ1n) is 12.5. The summed E-state index contributed by atoms with van der Waals surface area (Å²) in [5.41, 5.74) is 6.43. The van der Waals surface area contributed by atoms with Crippen molar-refractivity contribution in [3.8, 4) is 5.75 Å². The largest absolute Gasteiger partial charge is 0.492 e. The number of aliphatic imine (C=N–C) groups is 1. The zero-order valence-corrected chi connectivity index (χ0v) is 26.0. The number of carbonyl (C=O) groups is 2. The highest BCUT2D eigenvalue weighted by Crippen LogP contribution is 2.27. The number of hydrogen-bond donors (Lipinski definition) is 1. The Hall–Kier alpha value is -2.76. The second-order valence-corrected chi connectivity index (χ2v) is 12.4. The number of benzene rings is 2. The van der Waals surface area contributed by atoms with E-state index in [9.17, 15) is 9.59 Å². The van der Waals surface area contributed by atoms with Crippen molar-refractivity contribution in [2.75, 3.05) is 13.2 Å². The molecule has 0 fully saturated rings. The third-order valence-electron chi connectivity index (χ3n) is 4.63. The summed E-state index contributed by atoms with van der Waals surface area (Å²) in [4.78, 5) is 31.0. The Labute approximate surface area is 243 Å². The molecule has 0 aliphatic rings. The maximum atomic E-state index is 12.9. The predicted octanol–water partition coefficient (Wildman–Crippen LogP) is 7.24. The van der Waals surface area contributed by atoms with Crippen LogP contribution in [0.15, 0.2) is 56.8 Å². The van der Waals surface area contributed by atoms with E-state index in [4.69, 9.17) is 24.1 Å². The summed E-state index contributed by atoms with van der Waals surface area (Å²) in [6.07, 6.45) is -0.941. The van der Waals surface area contributed by atoms with E-state index in [2.05, 4.69) is 20.9 Å². The van der Waals surface area contributed by atoms with Crippen LogP contribution in [0, 0.1) is 6.92 Å². The summed E-state index contributed by atoms with van der Waals surface area (Å²) in [5, 5.41) is 0. The molecule has 2 N–H and O–H groups in total. The summed E-state index contributed by atoms with van der Waals surface area (Å²) >= 11 is 4.87. The molecule has 2 amide bonds. The Bertz CT molecular complexity index is 1140. The molecule has 0 unspecified atom stereocenters. The summed E-state index contributed by atoms with van der Waals surface area (Å²) in [6, 6.07) is 13.5. The van der Waals surface area contributed by atoms with Crippen LogP contribution in [0.3, 0.4) is 0 Å². The van der Waals surface area contributed by atoms with Crippen molar-refractivity contribution in [2.45, 2.75) is 77.5 Å². The molecule has 0 aliphatic heterocycles. The van der Waals surface area contributed by atoms with E-state index in [1.807, 2.05) is 31.2 Å². The Morgan fingerprint density at radius 1 is 0.974 bits per heavy atom. The van der Waals surface area contributed by atoms with Crippen molar-refractivity contribution in [1.29, 1.82) is 0 Å². The molecule has 2 rings (SSSR count). The quantitative estimate of drug-likeness (QED) is 0.135. The van der Waals surface area contributed by atoms with E-state index < -0.39 is 23.4 Å². The maximum Gasteiger partial charge on any atom is 0.437 e. The Morgan fingerprint density at radius 3 is 2.21 bits per heavy atom. The molecular weight excluding hydrogens is 586 g/mol. The lowest BCUT2D eigenvalue weighted by Crippen LogP contribution is -2.44. The number of carbonyl (C=O) groups excluding carboxylic acids is 2. The standard InChI is InChI=1S/C28H38BrN3O6S/c1-19-9-12-21(13-10-19)39-36-16-8-15-35-23-14-11-20(17-22(23)29)18-32(26(34)38-28(5,6)7)24(30)31-25(33)37-27(2,3)4/h9-14,17H,8,15-16,18H2,1-7H3,(H2,30,31,33). The number of nitrogens with two attached hydrogens (primary N) is 1. The van der Waals surface area contributed by atoms with E-state index in [1.165, 1.54) is 17.6 Å². The predicted molar refractivity (Wildman–Crippen MR) is 157 cm³/mol. The molecule has 0 atom stereocenters. The summed E-state index contributed by atoms with van der Waals surface area (Å²) in [7, 11) is 0. The highest BCUT2D eigenvalue weighted by molar-refractivity contribution is 9.10. The molecule has 39 heavy (non-hydrogen) atoms. The lowest BCUT2D eigenvalue weighted by Gasteiger charge is -2.27. The number of rotatable bonds is 9. The van der Waals surface area contributed by atoms with Crippen LogP contribution in [0.1, 0.15) is 59.1 Å². The lowest BCUT2D eigenvalue weighted by molar-refractivity contribution is 0.0356. The first kappa shape index (κ1) is 32.5. The van der Waals surface area contributed by atoms with Gasteiger partial charge in [0, 0.05) is 23.4 Å². The highest BCUT2D eigenvalue weighted by atomic mass is 79.9. The van der Waals surface area contributed by atoms with Crippen molar-refractivity contribution in [3.63, 3.8) is 0 Å². The number of aryl methyl sites for hydroxylation is 1. The van der Waals surface area contributed by atoms with Gasteiger partial charge in [-0.15, -0.1) is 4.99 Å². The van der Waals surface area contributed by atoms with Crippen molar-refractivity contribution in [3.05, 3.63) is 58.1 Å². The molecule has 0 radical (unpaired) electrons. The average Bonchev–Trinajstić information content (AvgIpc) is 2.79. The summed E-state index contributed by atoms with van der Waals surface area (Å²) in [5.74, 6) is 0.308. The normalized spacial score (nSPS) is 12.2. The minimum atomic E-state index is -0.903. The van der Waals surface area contributed by atoms with Gasteiger partial charge in [-0.2, -0.15) is 0 Å².